The number of halogens is 1. The fourth-order valence-electron chi connectivity index (χ4n) is 2.70. The van der Waals surface area contributed by atoms with Crippen LogP contribution in [-0.4, -0.2) is 32.4 Å². The van der Waals surface area contributed by atoms with Crippen LogP contribution in [0.15, 0.2) is 40.6 Å². The SMILES string of the molecule is CC(CNS(=O)(=O)c1ccc(F)cc1)N1CCc2sccc2C1. The highest BCUT2D eigenvalue weighted by Crippen LogP contribution is 2.25. The predicted molar refractivity (Wildman–Crippen MR) is 89.5 cm³/mol. The van der Waals surface area contributed by atoms with Crippen molar-refractivity contribution in [1.82, 2.24) is 9.62 Å². The lowest BCUT2D eigenvalue weighted by Crippen LogP contribution is -2.44. The van der Waals surface area contributed by atoms with Crippen molar-refractivity contribution in [2.75, 3.05) is 13.1 Å². The number of rotatable bonds is 5. The summed E-state index contributed by atoms with van der Waals surface area (Å²) in [7, 11) is -3.60. The topological polar surface area (TPSA) is 49.4 Å². The van der Waals surface area contributed by atoms with Crippen LogP contribution in [0.3, 0.4) is 0 Å². The highest BCUT2D eigenvalue weighted by molar-refractivity contribution is 7.89. The summed E-state index contributed by atoms with van der Waals surface area (Å²) in [4.78, 5) is 3.80. The van der Waals surface area contributed by atoms with Gasteiger partial charge in [-0.05, 0) is 54.6 Å². The van der Waals surface area contributed by atoms with Crippen LogP contribution >= 0.6 is 11.3 Å². The Morgan fingerprint density at radius 1 is 1.30 bits per heavy atom. The van der Waals surface area contributed by atoms with Gasteiger partial charge in [0.05, 0.1) is 4.90 Å². The lowest BCUT2D eigenvalue weighted by atomic mass is 10.1. The summed E-state index contributed by atoms with van der Waals surface area (Å²) in [5.41, 5.74) is 1.34. The minimum absolute atomic E-state index is 0.0878. The lowest BCUT2D eigenvalue weighted by Gasteiger charge is -2.32. The zero-order valence-electron chi connectivity index (χ0n) is 12.8. The van der Waals surface area contributed by atoms with E-state index in [-0.39, 0.29) is 10.9 Å². The van der Waals surface area contributed by atoms with E-state index in [9.17, 15) is 12.8 Å². The molecule has 0 saturated carbocycles. The van der Waals surface area contributed by atoms with Crippen molar-refractivity contribution in [3.05, 3.63) is 52.0 Å². The normalized spacial score (nSPS) is 17.0. The first-order valence-corrected chi connectivity index (χ1v) is 9.86. The van der Waals surface area contributed by atoms with Crippen molar-refractivity contribution >= 4 is 21.4 Å². The van der Waals surface area contributed by atoms with Crippen LogP contribution in [0, 0.1) is 5.82 Å². The third-order valence-electron chi connectivity index (χ3n) is 4.15. The van der Waals surface area contributed by atoms with Crippen molar-refractivity contribution in [3.63, 3.8) is 0 Å². The Labute approximate surface area is 140 Å². The summed E-state index contributed by atoms with van der Waals surface area (Å²) in [5, 5.41) is 2.11. The fourth-order valence-corrected chi connectivity index (χ4v) is 4.71. The minimum atomic E-state index is -3.60. The third kappa shape index (κ3) is 3.80. The highest BCUT2D eigenvalue weighted by atomic mass is 32.2. The molecule has 2 heterocycles. The van der Waals surface area contributed by atoms with Crippen molar-refractivity contribution < 1.29 is 12.8 Å². The maximum Gasteiger partial charge on any atom is 0.240 e. The molecular weight excluding hydrogens is 335 g/mol. The molecular formula is C16H19FN2O2S2. The van der Waals surface area contributed by atoms with Crippen LogP contribution in [0.1, 0.15) is 17.4 Å². The summed E-state index contributed by atoms with van der Waals surface area (Å²) in [6.07, 6.45) is 1.02. The van der Waals surface area contributed by atoms with E-state index in [2.05, 4.69) is 21.1 Å². The van der Waals surface area contributed by atoms with Gasteiger partial charge in [-0.15, -0.1) is 11.3 Å². The van der Waals surface area contributed by atoms with Gasteiger partial charge in [0.2, 0.25) is 10.0 Å². The zero-order valence-corrected chi connectivity index (χ0v) is 14.5. The molecule has 3 rings (SSSR count). The highest BCUT2D eigenvalue weighted by Gasteiger charge is 2.23. The van der Waals surface area contributed by atoms with E-state index in [0.717, 1.165) is 31.6 Å². The van der Waals surface area contributed by atoms with Gasteiger partial charge in [0.15, 0.2) is 0 Å². The molecule has 2 aromatic rings. The van der Waals surface area contributed by atoms with E-state index >= 15 is 0 Å². The molecule has 4 nitrogen and oxygen atoms in total. The molecule has 7 heteroatoms. The molecule has 0 spiro atoms. The Kier molecular flexibility index (Phi) is 4.82. The van der Waals surface area contributed by atoms with Crippen molar-refractivity contribution in [2.24, 2.45) is 0 Å². The quantitative estimate of drug-likeness (QED) is 0.898. The van der Waals surface area contributed by atoms with E-state index in [4.69, 9.17) is 0 Å². The van der Waals surface area contributed by atoms with Gasteiger partial charge in [-0.3, -0.25) is 4.90 Å². The number of thiophene rings is 1. The molecule has 23 heavy (non-hydrogen) atoms. The molecule has 1 aliphatic rings. The molecule has 0 aliphatic carbocycles. The number of hydrogen-bond acceptors (Lipinski definition) is 4. The molecule has 1 atom stereocenters. The average molecular weight is 354 g/mol. The van der Waals surface area contributed by atoms with Gasteiger partial charge in [0, 0.05) is 30.6 Å². The Hall–Kier alpha value is -1.28. The monoisotopic (exact) mass is 354 g/mol. The number of nitrogens with zero attached hydrogens (tertiary/aromatic N) is 1. The van der Waals surface area contributed by atoms with Crippen LogP contribution in [0.4, 0.5) is 4.39 Å². The first-order chi connectivity index (χ1) is 11.0. The number of sulfonamides is 1. The Bertz CT molecular complexity index is 772. The van der Waals surface area contributed by atoms with Crippen LogP contribution in [-0.2, 0) is 23.0 Å². The van der Waals surface area contributed by atoms with Gasteiger partial charge < -0.3 is 0 Å². The summed E-state index contributed by atoms with van der Waals surface area (Å²) < 4.78 is 40.0. The van der Waals surface area contributed by atoms with E-state index in [0.29, 0.717) is 6.54 Å². The zero-order chi connectivity index (χ0) is 16.4. The molecule has 0 amide bonds. The molecule has 1 aliphatic heterocycles. The average Bonchev–Trinajstić information content (AvgIpc) is 3.00. The molecule has 1 N–H and O–H groups in total. The van der Waals surface area contributed by atoms with E-state index in [1.807, 2.05) is 6.92 Å². The third-order valence-corrected chi connectivity index (χ3v) is 6.62. The molecule has 1 unspecified atom stereocenters. The number of hydrogen-bond donors (Lipinski definition) is 1. The second-order valence-corrected chi connectivity index (χ2v) is 8.51. The van der Waals surface area contributed by atoms with Crippen LogP contribution < -0.4 is 4.72 Å². The van der Waals surface area contributed by atoms with Crippen molar-refractivity contribution in [2.45, 2.75) is 30.8 Å². The van der Waals surface area contributed by atoms with Gasteiger partial charge in [-0.2, -0.15) is 0 Å². The Balaban J connectivity index is 1.60. The second kappa shape index (κ2) is 6.68. The molecule has 0 bridgehead atoms. The second-order valence-electron chi connectivity index (χ2n) is 5.74. The van der Waals surface area contributed by atoms with Gasteiger partial charge in [-0.25, -0.2) is 17.5 Å². The molecule has 0 saturated heterocycles. The standard InChI is InChI=1S/C16H19FN2O2S2/c1-12(19-8-6-16-13(11-19)7-9-22-16)10-18-23(20,21)15-4-2-14(17)3-5-15/h2-5,7,9,12,18H,6,8,10-11H2,1H3. The number of benzene rings is 1. The minimum Gasteiger partial charge on any atom is -0.295 e. The molecule has 124 valence electrons. The first-order valence-electron chi connectivity index (χ1n) is 7.50. The van der Waals surface area contributed by atoms with E-state index < -0.39 is 15.8 Å². The van der Waals surface area contributed by atoms with Crippen LogP contribution in [0.5, 0.6) is 0 Å². The predicted octanol–water partition coefficient (Wildman–Crippen LogP) is 2.61. The van der Waals surface area contributed by atoms with E-state index in [1.54, 1.807) is 11.3 Å². The molecule has 0 radical (unpaired) electrons. The molecule has 0 fully saturated rings. The van der Waals surface area contributed by atoms with Crippen LogP contribution in [0.25, 0.3) is 0 Å². The maximum absolute atomic E-state index is 12.9. The summed E-state index contributed by atoms with van der Waals surface area (Å²) in [6.45, 7) is 4.15. The van der Waals surface area contributed by atoms with Crippen molar-refractivity contribution in [3.8, 4) is 0 Å². The summed E-state index contributed by atoms with van der Waals surface area (Å²) in [6, 6.07) is 7.10. The number of fused-ring (bicyclic) bond motifs is 1. The largest absolute Gasteiger partial charge is 0.295 e. The van der Waals surface area contributed by atoms with Gasteiger partial charge in [0.25, 0.3) is 0 Å². The maximum atomic E-state index is 12.9. The fraction of sp³-hybridized carbons (Fsp3) is 0.375. The number of nitrogens with one attached hydrogen (secondary N) is 1. The Morgan fingerprint density at radius 2 is 2.04 bits per heavy atom. The smallest absolute Gasteiger partial charge is 0.240 e. The van der Waals surface area contributed by atoms with Gasteiger partial charge in [-0.1, -0.05) is 0 Å². The molecule has 1 aromatic heterocycles. The lowest BCUT2D eigenvalue weighted by molar-refractivity contribution is 0.193. The van der Waals surface area contributed by atoms with Crippen molar-refractivity contribution in [1.29, 1.82) is 0 Å². The molecule has 1 aromatic carbocycles. The Morgan fingerprint density at radius 3 is 2.78 bits per heavy atom. The summed E-state index contributed by atoms with van der Waals surface area (Å²) in [5.74, 6) is -0.447. The van der Waals surface area contributed by atoms with E-state index in [1.165, 1.54) is 22.6 Å². The van der Waals surface area contributed by atoms with Crippen LogP contribution in [0.2, 0.25) is 0 Å². The summed E-state index contributed by atoms with van der Waals surface area (Å²) >= 11 is 1.79. The first kappa shape index (κ1) is 16.6. The van der Waals surface area contributed by atoms with Gasteiger partial charge in [0.1, 0.15) is 5.82 Å². The van der Waals surface area contributed by atoms with Gasteiger partial charge >= 0.3 is 0 Å².